The first-order chi connectivity index (χ1) is 7.41. The third-order valence-corrected chi connectivity index (χ3v) is 2.18. The molecule has 6 heteroatoms. The minimum absolute atomic E-state index is 0.123. The van der Waals surface area contributed by atoms with E-state index in [1.54, 1.807) is 6.92 Å². The number of carboxylic acid groups (broad SMARTS) is 1. The van der Waals surface area contributed by atoms with E-state index in [0.717, 1.165) is 0 Å². The zero-order chi connectivity index (χ0) is 12.3. The summed E-state index contributed by atoms with van der Waals surface area (Å²) in [6.45, 7) is 1.57. The fourth-order valence-corrected chi connectivity index (χ4v) is 1.31. The molecule has 16 heavy (non-hydrogen) atoms. The van der Waals surface area contributed by atoms with E-state index >= 15 is 0 Å². The monoisotopic (exact) mass is 225 g/mol. The molecule has 1 aromatic rings. The zero-order valence-electron chi connectivity index (χ0n) is 8.58. The standard InChI is InChI=1S/C10H11NO5/c1-6-2-3-7(4-8(6)11(15)16)9(12)5-10(13)14/h2-4,9,12H,5H2,1H3,(H,13,14)/t9-/m0/s1. The van der Waals surface area contributed by atoms with Gasteiger partial charge in [-0.3, -0.25) is 14.9 Å². The zero-order valence-corrected chi connectivity index (χ0v) is 8.58. The minimum atomic E-state index is -1.23. The van der Waals surface area contributed by atoms with Gasteiger partial charge in [0.15, 0.2) is 0 Å². The minimum Gasteiger partial charge on any atom is -0.481 e. The van der Waals surface area contributed by atoms with Crippen LogP contribution in [0.2, 0.25) is 0 Å². The number of benzene rings is 1. The predicted molar refractivity (Wildman–Crippen MR) is 55.0 cm³/mol. The average molecular weight is 225 g/mol. The van der Waals surface area contributed by atoms with Gasteiger partial charge >= 0.3 is 5.97 Å². The Morgan fingerprint density at radius 2 is 2.19 bits per heavy atom. The number of aryl methyl sites for hydroxylation is 1. The summed E-state index contributed by atoms with van der Waals surface area (Å²) >= 11 is 0. The van der Waals surface area contributed by atoms with Gasteiger partial charge in [-0.25, -0.2) is 0 Å². The summed E-state index contributed by atoms with van der Waals surface area (Å²) in [5.74, 6) is -1.16. The number of nitro benzene ring substituents is 1. The molecule has 86 valence electrons. The third kappa shape index (κ3) is 2.77. The van der Waals surface area contributed by atoms with E-state index in [1.165, 1.54) is 18.2 Å². The number of carboxylic acids is 1. The van der Waals surface area contributed by atoms with Gasteiger partial charge in [0.1, 0.15) is 0 Å². The lowest BCUT2D eigenvalue weighted by molar-refractivity contribution is -0.385. The molecule has 0 radical (unpaired) electrons. The van der Waals surface area contributed by atoms with Crippen molar-refractivity contribution in [3.8, 4) is 0 Å². The molecule has 2 N–H and O–H groups in total. The topological polar surface area (TPSA) is 101 Å². The number of nitro groups is 1. The number of aliphatic hydroxyl groups excluding tert-OH is 1. The molecule has 0 unspecified atom stereocenters. The van der Waals surface area contributed by atoms with Gasteiger partial charge in [0.25, 0.3) is 5.69 Å². The van der Waals surface area contributed by atoms with Gasteiger partial charge < -0.3 is 10.2 Å². The molecule has 1 atom stereocenters. The summed E-state index contributed by atoms with van der Waals surface area (Å²) in [5, 5.41) is 28.6. The lowest BCUT2D eigenvalue weighted by Crippen LogP contribution is -2.06. The highest BCUT2D eigenvalue weighted by atomic mass is 16.6. The van der Waals surface area contributed by atoms with E-state index in [4.69, 9.17) is 5.11 Å². The first kappa shape index (κ1) is 12.1. The van der Waals surface area contributed by atoms with E-state index in [-0.39, 0.29) is 11.3 Å². The first-order valence-electron chi connectivity index (χ1n) is 4.56. The maximum atomic E-state index is 10.6. The molecule has 0 saturated carbocycles. The van der Waals surface area contributed by atoms with Crippen LogP contribution in [0.15, 0.2) is 18.2 Å². The molecule has 0 aromatic heterocycles. The average Bonchev–Trinajstić information content (AvgIpc) is 2.16. The molecular formula is C10H11NO5. The summed E-state index contributed by atoms with van der Waals surface area (Å²) in [6.07, 6.45) is -1.70. The molecule has 0 fully saturated rings. The molecule has 1 rings (SSSR count). The molecule has 0 amide bonds. The van der Waals surface area contributed by atoms with Gasteiger partial charge in [-0.15, -0.1) is 0 Å². The molecule has 0 spiro atoms. The summed E-state index contributed by atoms with van der Waals surface area (Å²) in [5.41, 5.74) is 0.581. The highest BCUT2D eigenvalue weighted by Gasteiger charge is 2.17. The van der Waals surface area contributed by atoms with E-state index < -0.39 is 23.4 Å². The Bertz CT molecular complexity index is 429. The fraction of sp³-hybridized carbons (Fsp3) is 0.300. The van der Waals surface area contributed by atoms with Crippen LogP contribution < -0.4 is 0 Å². The number of hydrogen-bond acceptors (Lipinski definition) is 4. The maximum absolute atomic E-state index is 10.6. The van der Waals surface area contributed by atoms with Gasteiger partial charge in [0.2, 0.25) is 0 Å². The Kier molecular flexibility index (Phi) is 3.57. The second-order valence-corrected chi connectivity index (χ2v) is 3.42. The van der Waals surface area contributed by atoms with Gasteiger partial charge in [0, 0.05) is 11.6 Å². The number of hydrogen-bond donors (Lipinski definition) is 2. The summed E-state index contributed by atoms with van der Waals surface area (Å²) in [6, 6.07) is 4.16. The molecular weight excluding hydrogens is 214 g/mol. The van der Waals surface area contributed by atoms with Gasteiger partial charge in [-0.2, -0.15) is 0 Å². The Balaban J connectivity index is 3.02. The van der Waals surface area contributed by atoms with Crippen molar-refractivity contribution in [2.45, 2.75) is 19.4 Å². The second-order valence-electron chi connectivity index (χ2n) is 3.42. The largest absolute Gasteiger partial charge is 0.481 e. The van der Waals surface area contributed by atoms with Crippen molar-refractivity contribution in [1.29, 1.82) is 0 Å². The van der Waals surface area contributed by atoms with Crippen LogP contribution in [-0.4, -0.2) is 21.1 Å². The summed E-state index contributed by atoms with van der Waals surface area (Å²) in [7, 11) is 0. The van der Waals surface area contributed by atoms with Crippen molar-refractivity contribution >= 4 is 11.7 Å². The molecule has 0 aliphatic heterocycles. The highest BCUT2D eigenvalue weighted by molar-refractivity contribution is 5.67. The Morgan fingerprint density at radius 3 is 2.69 bits per heavy atom. The molecule has 1 aromatic carbocycles. The maximum Gasteiger partial charge on any atom is 0.306 e. The lowest BCUT2D eigenvalue weighted by atomic mass is 10.0. The van der Waals surface area contributed by atoms with Crippen molar-refractivity contribution in [3.05, 3.63) is 39.4 Å². The van der Waals surface area contributed by atoms with Crippen LogP contribution in [0.5, 0.6) is 0 Å². The van der Waals surface area contributed by atoms with Crippen molar-refractivity contribution in [3.63, 3.8) is 0 Å². The second kappa shape index (κ2) is 4.71. The number of aliphatic carboxylic acids is 1. The summed E-state index contributed by atoms with van der Waals surface area (Å²) in [4.78, 5) is 20.4. The van der Waals surface area contributed by atoms with Crippen LogP contribution in [0.3, 0.4) is 0 Å². The molecule has 0 bridgehead atoms. The van der Waals surface area contributed by atoms with Crippen molar-refractivity contribution in [1.82, 2.24) is 0 Å². The lowest BCUT2D eigenvalue weighted by Gasteiger charge is -2.08. The number of carbonyl (C=O) groups is 1. The molecule has 0 aliphatic rings. The van der Waals surface area contributed by atoms with E-state index in [1.807, 2.05) is 0 Å². The SMILES string of the molecule is Cc1ccc([C@@H](O)CC(=O)O)cc1[N+](=O)[O-]. The van der Waals surface area contributed by atoms with Crippen LogP contribution >= 0.6 is 0 Å². The third-order valence-electron chi connectivity index (χ3n) is 2.18. The Hall–Kier alpha value is -1.95. The molecule has 0 saturated heterocycles. The number of aliphatic hydroxyl groups is 1. The van der Waals surface area contributed by atoms with Crippen LogP contribution in [0.1, 0.15) is 23.7 Å². The van der Waals surface area contributed by atoms with Crippen molar-refractivity contribution in [2.24, 2.45) is 0 Å². The summed E-state index contributed by atoms with van der Waals surface area (Å²) < 4.78 is 0. The van der Waals surface area contributed by atoms with Crippen LogP contribution in [0, 0.1) is 17.0 Å². The van der Waals surface area contributed by atoms with Crippen LogP contribution in [-0.2, 0) is 4.79 Å². The Labute approximate surface area is 91.3 Å². The van der Waals surface area contributed by atoms with E-state index in [0.29, 0.717) is 5.56 Å². The molecule has 6 nitrogen and oxygen atoms in total. The van der Waals surface area contributed by atoms with Crippen molar-refractivity contribution in [2.75, 3.05) is 0 Å². The van der Waals surface area contributed by atoms with Crippen LogP contribution in [0.25, 0.3) is 0 Å². The number of nitrogens with zero attached hydrogens (tertiary/aromatic N) is 1. The first-order valence-corrected chi connectivity index (χ1v) is 4.56. The highest BCUT2D eigenvalue weighted by Crippen LogP contribution is 2.24. The smallest absolute Gasteiger partial charge is 0.306 e. The normalized spacial score (nSPS) is 12.1. The predicted octanol–water partition coefficient (Wildman–Crippen LogP) is 1.41. The van der Waals surface area contributed by atoms with Gasteiger partial charge in [-0.05, 0) is 12.5 Å². The van der Waals surface area contributed by atoms with Gasteiger partial charge in [-0.1, -0.05) is 12.1 Å². The van der Waals surface area contributed by atoms with E-state index in [2.05, 4.69) is 0 Å². The van der Waals surface area contributed by atoms with Crippen LogP contribution in [0.4, 0.5) is 5.69 Å². The van der Waals surface area contributed by atoms with Crippen molar-refractivity contribution < 1.29 is 19.9 Å². The quantitative estimate of drug-likeness (QED) is 0.596. The molecule has 0 heterocycles. The number of rotatable bonds is 4. The van der Waals surface area contributed by atoms with Gasteiger partial charge in [0.05, 0.1) is 17.4 Å². The molecule has 0 aliphatic carbocycles. The fourth-order valence-electron chi connectivity index (χ4n) is 1.31. The van der Waals surface area contributed by atoms with E-state index in [9.17, 15) is 20.0 Å². The Morgan fingerprint density at radius 1 is 1.56 bits per heavy atom.